The van der Waals surface area contributed by atoms with Crippen molar-refractivity contribution in [1.82, 2.24) is 9.88 Å². The number of benzene rings is 2. The fourth-order valence-electron chi connectivity index (χ4n) is 3.49. The molecule has 1 saturated heterocycles. The van der Waals surface area contributed by atoms with Crippen LogP contribution in [0.2, 0.25) is 0 Å². The van der Waals surface area contributed by atoms with Gasteiger partial charge in [0.1, 0.15) is 5.52 Å². The van der Waals surface area contributed by atoms with Crippen LogP contribution in [0, 0.1) is 0 Å². The van der Waals surface area contributed by atoms with Gasteiger partial charge in [0.05, 0.1) is 17.8 Å². The molecular formula is C20H21BrN2O2. The molecule has 0 spiro atoms. The third-order valence-corrected chi connectivity index (χ3v) is 5.15. The number of ether oxygens (including phenoxy) is 1. The highest BCUT2D eigenvalue weighted by Gasteiger charge is 2.22. The normalized spacial score (nSPS) is 21.7. The molecule has 0 amide bonds. The van der Waals surface area contributed by atoms with E-state index in [-0.39, 0.29) is 12.2 Å². The molecule has 0 aliphatic carbocycles. The Kier molecular flexibility index (Phi) is 4.63. The van der Waals surface area contributed by atoms with Gasteiger partial charge < -0.3 is 9.15 Å². The Balaban J connectivity index is 1.59. The average molecular weight is 401 g/mol. The lowest BCUT2D eigenvalue weighted by Crippen LogP contribution is -2.44. The number of halogens is 1. The molecule has 25 heavy (non-hydrogen) atoms. The van der Waals surface area contributed by atoms with Crippen LogP contribution >= 0.6 is 15.9 Å². The highest BCUT2D eigenvalue weighted by Crippen LogP contribution is 2.30. The maximum Gasteiger partial charge on any atom is 0.228 e. The number of fused-ring (bicyclic) bond motifs is 1. The average Bonchev–Trinajstić information content (AvgIpc) is 2.97. The van der Waals surface area contributed by atoms with E-state index >= 15 is 0 Å². The number of nitrogens with zero attached hydrogens (tertiary/aromatic N) is 2. The van der Waals surface area contributed by atoms with Gasteiger partial charge in [-0.05, 0) is 59.6 Å². The predicted molar refractivity (Wildman–Crippen MR) is 102 cm³/mol. The van der Waals surface area contributed by atoms with Crippen LogP contribution < -0.4 is 0 Å². The number of morpholine rings is 1. The summed E-state index contributed by atoms with van der Waals surface area (Å²) in [5.74, 6) is 0.647. The predicted octanol–water partition coefficient (Wildman–Crippen LogP) is 4.87. The Bertz CT molecular complexity index is 882. The zero-order chi connectivity index (χ0) is 17.4. The molecule has 0 unspecified atom stereocenters. The van der Waals surface area contributed by atoms with E-state index in [1.54, 1.807) is 0 Å². The van der Waals surface area contributed by atoms with E-state index in [9.17, 15) is 0 Å². The van der Waals surface area contributed by atoms with Crippen molar-refractivity contribution in [1.29, 1.82) is 0 Å². The van der Waals surface area contributed by atoms with E-state index in [1.807, 2.05) is 30.3 Å². The summed E-state index contributed by atoms with van der Waals surface area (Å²) in [5.41, 5.74) is 3.94. The van der Waals surface area contributed by atoms with E-state index in [0.717, 1.165) is 40.8 Å². The summed E-state index contributed by atoms with van der Waals surface area (Å²) in [5, 5.41) is 0. The second-order valence-corrected chi connectivity index (χ2v) is 7.61. The Hall–Kier alpha value is -1.69. The van der Waals surface area contributed by atoms with Crippen LogP contribution in [-0.4, -0.2) is 35.2 Å². The molecule has 0 saturated carbocycles. The van der Waals surface area contributed by atoms with Gasteiger partial charge in [-0.3, -0.25) is 4.90 Å². The summed E-state index contributed by atoms with van der Waals surface area (Å²) >= 11 is 3.56. The quantitative estimate of drug-likeness (QED) is 0.628. The van der Waals surface area contributed by atoms with Gasteiger partial charge in [-0.15, -0.1) is 0 Å². The Morgan fingerprint density at radius 3 is 2.64 bits per heavy atom. The Morgan fingerprint density at radius 1 is 1.12 bits per heavy atom. The second-order valence-electron chi connectivity index (χ2n) is 6.75. The molecule has 2 atom stereocenters. The van der Waals surface area contributed by atoms with Gasteiger partial charge in [0.25, 0.3) is 0 Å². The molecule has 130 valence electrons. The van der Waals surface area contributed by atoms with E-state index in [2.05, 4.69) is 51.8 Å². The molecule has 2 aromatic carbocycles. The fourth-order valence-corrected chi connectivity index (χ4v) is 3.95. The smallest absolute Gasteiger partial charge is 0.228 e. The molecule has 5 heteroatoms. The highest BCUT2D eigenvalue weighted by atomic mass is 79.9. The molecule has 0 radical (unpaired) electrons. The lowest BCUT2D eigenvalue weighted by molar-refractivity contribution is -0.0704. The van der Waals surface area contributed by atoms with Crippen LogP contribution in [0.15, 0.2) is 51.4 Å². The van der Waals surface area contributed by atoms with Crippen LogP contribution in [0.4, 0.5) is 0 Å². The largest absolute Gasteiger partial charge is 0.436 e. The topological polar surface area (TPSA) is 38.5 Å². The standard InChI is InChI=1S/C20H21BrN2O2/c1-13-10-23(11-14(2)24-13)12-15-7-8-19-18(9-15)22-20(25-19)16-5-3-4-6-17(16)21/h3-9,13-14H,10-12H2,1-2H3/t13-,14+. The zero-order valence-electron chi connectivity index (χ0n) is 14.4. The summed E-state index contributed by atoms with van der Waals surface area (Å²) in [6, 6.07) is 14.2. The van der Waals surface area contributed by atoms with Gasteiger partial charge in [0, 0.05) is 24.1 Å². The van der Waals surface area contributed by atoms with Gasteiger partial charge in [0.15, 0.2) is 5.58 Å². The van der Waals surface area contributed by atoms with Crippen molar-refractivity contribution in [2.75, 3.05) is 13.1 Å². The molecule has 1 aliphatic heterocycles. The van der Waals surface area contributed by atoms with Gasteiger partial charge in [-0.1, -0.05) is 18.2 Å². The maximum atomic E-state index is 5.94. The van der Waals surface area contributed by atoms with Gasteiger partial charge in [-0.25, -0.2) is 4.98 Å². The van der Waals surface area contributed by atoms with Crippen molar-refractivity contribution in [2.45, 2.75) is 32.6 Å². The lowest BCUT2D eigenvalue weighted by Gasteiger charge is -2.35. The SMILES string of the molecule is C[C@@H]1CN(Cc2ccc3oc(-c4ccccc4Br)nc3c2)C[C@H](C)O1. The second kappa shape index (κ2) is 6.90. The zero-order valence-corrected chi connectivity index (χ0v) is 16.0. The van der Waals surface area contributed by atoms with E-state index in [0.29, 0.717) is 5.89 Å². The highest BCUT2D eigenvalue weighted by molar-refractivity contribution is 9.10. The number of rotatable bonds is 3. The molecule has 2 heterocycles. The third-order valence-electron chi connectivity index (χ3n) is 4.46. The molecule has 4 rings (SSSR count). The lowest BCUT2D eigenvalue weighted by atomic mass is 10.1. The summed E-state index contributed by atoms with van der Waals surface area (Å²) in [4.78, 5) is 7.13. The summed E-state index contributed by atoms with van der Waals surface area (Å²) in [7, 11) is 0. The Morgan fingerprint density at radius 2 is 1.88 bits per heavy atom. The minimum atomic E-state index is 0.279. The molecule has 0 N–H and O–H groups in total. The van der Waals surface area contributed by atoms with Crippen molar-refractivity contribution in [3.63, 3.8) is 0 Å². The monoisotopic (exact) mass is 400 g/mol. The van der Waals surface area contributed by atoms with Crippen LogP contribution in [0.25, 0.3) is 22.6 Å². The van der Waals surface area contributed by atoms with Crippen molar-refractivity contribution in [3.05, 3.63) is 52.5 Å². The van der Waals surface area contributed by atoms with E-state index < -0.39 is 0 Å². The number of aromatic nitrogens is 1. The molecule has 4 nitrogen and oxygen atoms in total. The number of hydrogen-bond donors (Lipinski definition) is 0. The first-order valence-corrected chi connectivity index (χ1v) is 9.40. The van der Waals surface area contributed by atoms with E-state index in [4.69, 9.17) is 9.15 Å². The minimum Gasteiger partial charge on any atom is -0.436 e. The molecular weight excluding hydrogens is 380 g/mol. The van der Waals surface area contributed by atoms with Crippen molar-refractivity contribution >= 4 is 27.0 Å². The van der Waals surface area contributed by atoms with Crippen LogP contribution in [-0.2, 0) is 11.3 Å². The number of oxazole rings is 1. The van der Waals surface area contributed by atoms with Crippen molar-refractivity contribution in [2.24, 2.45) is 0 Å². The van der Waals surface area contributed by atoms with Gasteiger partial charge >= 0.3 is 0 Å². The van der Waals surface area contributed by atoms with E-state index in [1.165, 1.54) is 5.56 Å². The summed E-state index contributed by atoms with van der Waals surface area (Å²) in [6.07, 6.45) is 0.558. The van der Waals surface area contributed by atoms with Crippen LogP contribution in [0.5, 0.6) is 0 Å². The van der Waals surface area contributed by atoms with Crippen LogP contribution in [0.3, 0.4) is 0 Å². The Labute approximate surface area is 155 Å². The maximum absolute atomic E-state index is 5.94. The van der Waals surface area contributed by atoms with Crippen molar-refractivity contribution < 1.29 is 9.15 Å². The molecule has 0 bridgehead atoms. The first-order chi connectivity index (χ1) is 12.1. The summed E-state index contributed by atoms with van der Waals surface area (Å²) < 4.78 is 12.7. The molecule has 1 aliphatic rings. The molecule has 3 aromatic rings. The minimum absolute atomic E-state index is 0.279. The third kappa shape index (κ3) is 3.64. The van der Waals surface area contributed by atoms with Crippen LogP contribution in [0.1, 0.15) is 19.4 Å². The first-order valence-electron chi connectivity index (χ1n) is 8.60. The first kappa shape index (κ1) is 16.8. The number of hydrogen-bond acceptors (Lipinski definition) is 4. The van der Waals surface area contributed by atoms with Gasteiger partial charge in [0.2, 0.25) is 5.89 Å². The van der Waals surface area contributed by atoms with Gasteiger partial charge in [-0.2, -0.15) is 0 Å². The van der Waals surface area contributed by atoms with Crippen molar-refractivity contribution in [3.8, 4) is 11.5 Å². The molecule has 1 aromatic heterocycles. The fraction of sp³-hybridized carbons (Fsp3) is 0.350. The summed E-state index contributed by atoms with van der Waals surface area (Å²) in [6.45, 7) is 7.10. The molecule has 1 fully saturated rings.